The Morgan fingerprint density at radius 3 is 2.31 bits per heavy atom. The van der Waals surface area contributed by atoms with Gasteiger partial charge in [0, 0.05) is 18.5 Å². The molecule has 10 nitrogen and oxygen atoms in total. The Balaban J connectivity index is 1.14. The quantitative estimate of drug-likeness (QED) is 0.112. The van der Waals surface area contributed by atoms with Gasteiger partial charge < -0.3 is 29.0 Å². The number of piperidine rings is 3. The molecule has 1 unspecified atom stereocenters. The summed E-state index contributed by atoms with van der Waals surface area (Å²) in [5.74, 6) is -0.186. The summed E-state index contributed by atoms with van der Waals surface area (Å²) in [6.45, 7) is 0.0467. The fourth-order valence-electron chi connectivity index (χ4n) is 7.08. The first-order chi connectivity index (χ1) is 26.6. The fraction of sp³-hybridized carbons (Fsp3) is 0.390. The lowest BCUT2D eigenvalue weighted by Gasteiger charge is -2.44. The summed E-state index contributed by atoms with van der Waals surface area (Å²) in [6.07, 6.45) is 5.98. The third-order valence-corrected chi connectivity index (χ3v) is 11.0. The van der Waals surface area contributed by atoms with Gasteiger partial charge in [-0.2, -0.15) is 8.78 Å². The molecule has 2 bridgehead atoms. The molecule has 0 spiro atoms. The van der Waals surface area contributed by atoms with Crippen molar-refractivity contribution in [2.45, 2.75) is 57.0 Å². The van der Waals surface area contributed by atoms with Crippen LogP contribution in [0.5, 0.6) is 17.2 Å². The van der Waals surface area contributed by atoms with E-state index in [1.807, 2.05) is 30.3 Å². The number of alkyl halides is 2. The van der Waals surface area contributed by atoms with Crippen LogP contribution in [-0.2, 0) is 20.7 Å². The zero-order chi connectivity index (χ0) is 38.5. The average molecular weight is 798 g/mol. The van der Waals surface area contributed by atoms with Crippen molar-refractivity contribution in [3.8, 4) is 17.2 Å². The van der Waals surface area contributed by atoms with E-state index in [4.69, 9.17) is 46.9 Å². The van der Waals surface area contributed by atoms with E-state index in [1.165, 1.54) is 31.4 Å². The molecule has 3 saturated heterocycles. The number of aromatic amines is 1. The van der Waals surface area contributed by atoms with Crippen molar-refractivity contribution in [1.29, 1.82) is 0 Å². The largest absolute Gasteiger partial charge is 0.495 e. The Hall–Kier alpha value is -4.65. The monoisotopic (exact) mass is 796 g/mol. The molecular formula is C41H42Cl2F2N3O7+. The molecule has 4 aliphatic rings. The number of nitrogens with zero attached hydrogens (tertiary/aromatic N) is 1. The molecule has 290 valence electrons. The summed E-state index contributed by atoms with van der Waals surface area (Å²) in [5, 5.41) is 3.93. The number of halogens is 4. The van der Waals surface area contributed by atoms with Crippen LogP contribution in [-0.4, -0.2) is 62.9 Å². The van der Waals surface area contributed by atoms with Gasteiger partial charge in [-0.1, -0.05) is 59.6 Å². The fourth-order valence-corrected chi connectivity index (χ4v) is 7.62. The number of hydrogen-bond acceptors (Lipinski definition) is 9. The van der Waals surface area contributed by atoms with E-state index >= 15 is 0 Å². The lowest BCUT2D eigenvalue weighted by molar-refractivity contribution is -0.377. The predicted molar refractivity (Wildman–Crippen MR) is 201 cm³/mol. The minimum Gasteiger partial charge on any atom is -0.495 e. The number of benzene rings is 3. The summed E-state index contributed by atoms with van der Waals surface area (Å²) >= 11 is 13.0. The highest BCUT2D eigenvalue weighted by atomic mass is 35.5. The molecule has 3 aliphatic heterocycles. The zero-order valence-corrected chi connectivity index (χ0v) is 31.7. The normalized spacial score (nSPS) is 20.0. The van der Waals surface area contributed by atoms with Gasteiger partial charge in [0.2, 0.25) is 0 Å². The second kappa shape index (κ2) is 17.4. The van der Waals surface area contributed by atoms with Gasteiger partial charge in [-0.3, -0.25) is 4.90 Å². The first-order valence-corrected chi connectivity index (χ1v) is 19.1. The molecule has 0 amide bonds. The van der Waals surface area contributed by atoms with Crippen LogP contribution in [0.15, 0.2) is 79.1 Å². The van der Waals surface area contributed by atoms with Gasteiger partial charge >= 0.3 is 18.6 Å². The van der Waals surface area contributed by atoms with E-state index in [2.05, 4.69) is 15.2 Å². The van der Waals surface area contributed by atoms with Gasteiger partial charge in [0.05, 0.1) is 25.0 Å². The Bertz CT molecular complexity index is 1960. The minimum atomic E-state index is -3.06. The van der Waals surface area contributed by atoms with Gasteiger partial charge in [0.15, 0.2) is 29.9 Å². The minimum absolute atomic E-state index is 0.0481. The Kier molecular flexibility index (Phi) is 12.2. The number of methoxy groups -OCH3 is 1. The van der Waals surface area contributed by atoms with Crippen LogP contribution >= 0.6 is 23.2 Å². The number of carbonyl (C=O) groups excluding carboxylic acids is 2. The molecule has 3 atom stereocenters. The number of hydrogen-bond donors (Lipinski definition) is 1. The van der Waals surface area contributed by atoms with Crippen molar-refractivity contribution >= 4 is 40.8 Å². The van der Waals surface area contributed by atoms with E-state index in [9.17, 15) is 18.4 Å². The standard InChI is InChI=1S/C41H41Cl2F2N3O7/c1-51-35-18-28(9-11-32(35)47-38(26-5-3-2-4-6-26)40(50)54-37-22-48-15-13-25(37)14-16-48)39(49)53-34(19-29-30(42)20-46-21-31(29)43)27-10-12-33(55-41(44)45)36(17-27)52-23-24-7-8-24/h2-6,9-12,17-18,20-21,24-25,34,37-38,41,47H,7-8,13-16,19,22-23H2,1H3/p+1/t34-,37-,38?/m0/s1. The van der Waals surface area contributed by atoms with Crippen molar-refractivity contribution in [2.75, 3.05) is 38.7 Å². The summed E-state index contributed by atoms with van der Waals surface area (Å²) in [6, 6.07) is 17.6. The van der Waals surface area contributed by atoms with Crippen molar-refractivity contribution in [3.05, 3.63) is 111 Å². The highest BCUT2D eigenvalue weighted by Gasteiger charge is 2.38. The molecular weight excluding hydrogens is 755 g/mol. The molecule has 3 aromatic carbocycles. The molecule has 4 heterocycles. The van der Waals surface area contributed by atoms with E-state index < -0.39 is 30.7 Å². The highest BCUT2D eigenvalue weighted by molar-refractivity contribution is 6.35. The number of fused-ring (bicyclic) bond motifs is 3. The molecule has 1 aliphatic carbocycles. The molecule has 14 heteroatoms. The van der Waals surface area contributed by atoms with Gasteiger partial charge in [-0.05, 0) is 92.1 Å². The summed E-state index contributed by atoms with van der Waals surface area (Å²) < 4.78 is 55.2. The Morgan fingerprint density at radius 1 is 0.909 bits per heavy atom. The molecule has 2 N–H and O–H groups in total. The Labute approximate surface area is 328 Å². The number of ether oxygens (including phenoxy) is 5. The number of nitrogens with one attached hydrogen (secondary N) is 2. The van der Waals surface area contributed by atoms with Crippen LogP contribution < -0.4 is 24.5 Å². The molecule has 0 radical (unpaired) electrons. The van der Waals surface area contributed by atoms with Crippen LogP contribution in [0.4, 0.5) is 14.5 Å². The second-order valence-corrected chi connectivity index (χ2v) is 14.9. The first-order valence-electron chi connectivity index (χ1n) is 18.3. The molecule has 55 heavy (non-hydrogen) atoms. The molecule has 1 aromatic heterocycles. The SMILES string of the molecule is COc1cc(C(=O)O[C@@H](Cc2c(Cl)c[nH+]cc2Cl)c2ccc(OC(F)F)c(OCC3CC3)c2)ccc1NC(C(=O)O[C@H]1CN2CCC1CC2)c1ccccc1. The number of esters is 2. The lowest BCUT2D eigenvalue weighted by atomic mass is 9.86. The van der Waals surface area contributed by atoms with E-state index in [0.717, 1.165) is 45.3 Å². The smallest absolute Gasteiger partial charge is 0.387 e. The second-order valence-electron chi connectivity index (χ2n) is 14.1. The number of carbonyl (C=O) groups is 2. The zero-order valence-electron chi connectivity index (χ0n) is 30.2. The number of aromatic nitrogens is 1. The predicted octanol–water partition coefficient (Wildman–Crippen LogP) is 8.14. The van der Waals surface area contributed by atoms with Crippen LogP contribution in [0.2, 0.25) is 10.0 Å². The average Bonchev–Trinajstić information content (AvgIpc) is 4.03. The van der Waals surface area contributed by atoms with Crippen molar-refractivity contribution in [3.63, 3.8) is 0 Å². The van der Waals surface area contributed by atoms with E-state index in [0.29, 0.717) is 50.9 Å². The summed E-state index contributed by atoms with van der Waals surface area (Å²) in [4.78, 5) is 32.9. The maximum atomic E-state index is 13.9. The molecule has 1 saturated carbocycles. The van der Waals surface area contributed by atoms with Crippen molar-refractivity contribution in [2.24, 2.45) is 11.8 Å². The van der Waals surface area contributed by atoms with E-state index in [1.54, 1.807) is 24.5 Å². The van der Waals surface area contributed by atoms with Gasteiger partial charge in [0.25, 0.3) is 0 Å². The molecule has 4 aromatic rings. The first kappa shape index (κ1) is 38.6. The van der Waals surface area contributed by atoms with Crippen molar-refractivity contribution in [1.82, 2.24) is 4.90 Å². The Morgan fingerprint density at radius 2 is 1.65 bits per heavy atom. The number of H-pyrrole nitrogens is 1. The third kappa shape index (κ3) is 9.60. The number of rotatable bonds is 16. The van der Waals surface area contributed by atoms with Gasteiger partial charge in [-0.15, -0.1) is 0 Å². The molecule has 4 fully saturated rings. The van der Waals surface area contributed by atoms with E-state index in [-0.39, 0.29) is 35.3 Å². The van der Waals surface area contributed by atoms with Crippen LogP contribution in [0.1, 0.15) is 64.9 Å². The highest BCUT2D eigenvalue weighted by Crippen LogP contribution is 2.39. The van der Waals surface area contributed by atoms with Crippen molar-refractivity contribution < 1.29 is 47.0 Å². The van der Waals surface area contributed by atoms with Gasteiger partial charge in [-0.25, -0.2) is 14.6 Å². The topological polar surface area (TPSA) is 110 Å². The molecule has 8 rings (SSSR count). The number of anilines is 1. The number of pyridine rings is 1. The maximum absolute atomic E-state index is 13.9. The van der Waals surface area contributed by atoms with Gasteiger partial charge in [0.1, 0.15) is 28.0 Å². The van der Waals surface area contributed by atoms with Crippen LogP contribution in [0, 0.1) is 11.8 Å². The van der Waals surface area contributed by atoms with Crippen LogP contribution in [0.25, 0.3) is 0 Å². The lowest BCUT2D eigenvalue weighted by Crippen LogP contribution is -2.52. The van der Waals surface area contributed by atoms with Crippen LogP contribution in [0.3, 0.4) is 0 Å². The summed E-state index contributed by atoms with van der Waals surface area (Å²) in [7, 11) is 1.46. The summed E-state index contributed by atoms with van der Waals surface area (Å²) in [5.41, 5.74) is 2.27. The third-order valence-electron chi connectivity index (χ3n) is 10.3. The maximum Gasteiger partial charge on any atom is 0.387 e.